The van der Waals surface area contributed by atoms with Crippen molar-refractivity contribution >= 4 is 0 Å². The van der Waals surface area contributed by atoms with Gasteiger partial charge in [0.2, 0.25) is 0 Å². The van der Waals surface area contributed by atoms with Gasteiger partial charge in [0.15, 0.2) is 0 Å². The Morgan fingerprint density at radius 1 is 1.33 bits per heavy atom. The third-order valence-corrected chi connectivity index (χ3v) is 2.49. The Morgan fingerprint density at radius 3 is 2.25 bits per heavy atom. The lowest BCUT2D eigenvalue weighted by atomic mass is 9.92. The Morgan fingerprint density at radius 2 is 1.83 bits per heavy atom. The van der Waals surface area contributed by atoms with Crippen molar-refractivity contribution in [2.45, 2.75) is 33.2 Å². The van der Waals surface area contributed by atoms with Gasteiger partial charge in [-0.1, -0.05) is 13.8 Å². The Hall–Kier alpha value is -0.0800. The molecule has 3 atom stereocenters. The highest BCUT2D eigenvalue weighted by Gasteiger charge is 2.21. The van der Waals surface area contributed by atoms with E-state index in [2.05, 4.69) is 25.7 Å². The van der Waals surface area contributed by atoms with E-state index in [-0.39, 0.29) is 0 Å². The van der Waals surface area contributed by atoms with Crippen LogP contribution in [0.3, 0.4) is 0 Å². The summed E-state index contributed by atoms with van der Waals surface area (Å²) < 4.78 is 0. The minimum atomic E-state index is 0.322. The van der Waals surface area contributed by atoms with Crippen molar-refractivity contribution in [3.05, 3.63) is 0 Å². The molecule has 0 aliphatic carbocycles. The van der Waals surface area contributed by atoms with Crippen LogP contribution in [-0.2, 0) is 0 Å². The molecule has 0 aromatic rings. The second-order valence-corrected chi connectivity index (χ2v) is 4.64. The topological polar surface area (TPSA) is 29.3 Å². The fourth-order valence-electron chi connectivity index (χ4n) is 2.35. The molecule has 2 unspecified atom stereocenters. The summed E-state index contributed by atoms with van der Waals surface area (Å²) in [5, 5.41) is 0. The zero-order chi connectivity index (χ0) is 9.14. The highest BCUT2D eigenvalue weighted by Crippen LogP contribution is 2.20. The van der Waals surface area contributed by atoms with Crippen LogP contribution < -0.4 is 5.73 Å². The molecule has 72 valence electrons. The maximum absolute atomic E-state index is 5.77. The van der Waals surface area contributed by atoms with E-state index >= 15 is 0 Å². The highest BCUT2D eigenvalue weighted by molar-refractivity contribution is 4.76. The lowest BCUT2D eigenvalue weighted by Gasteiger charge is -2.35. The summed E-state index contributed by atoms with van der Waals surface area (Å²) in [7, 11) is 0. The maximum Gasteiger partial charge on any atom is 0.0139 e. The van der Waals surface area contributed by atoms with Gasteiger partial charge in [-0.15, -0.1) is 0 Å². The molecule has 0 saturated carbocycles. The first-order valence-electron chi connectivity index (χ1n) is 5.06. The summed E-state index contributed by atoms with van der Waals surface area (Å²) in [6.07, 6.45) is 1.38. The zero-order valence-electron chi connectivity index (χ0n) is 8.59. The van der Waals surface area contributed by atoms with Crippen molar-refractivity contribution in [2.75, 3.05) is 19.6 Å². The molecule has 1 heterocycles. The van der Waals surface area contributed by atoms with E-state index < -0.39 is 0 Å². The van der Waals surface area contributed by atoms with Crippen LogP contribution in [0.2, 0.25) is 0 Å². The molecule has 0 aromatic heterocycles. The largest absolute Gasteiger partial charge is 0.327 e. The quantitative estimate of drug-likeness (QED) is 0.677. The lowest BCUT2D eigenvalue weighted by molar-refractivity contribution is 0.136. The molecular weight excluding hydrogens is 148 g/mol. The summed E-state index contributed by atoms with van der Waals surface area (Å²) in [5.41, 5.74) is 5.77. The molecule has 1 fully saturated rings. The summed E-state index contributed by atoms with van der Waals surface area (Å²) in [4.78, 5) is 2.50. The first kappa shape index (κ1) is 10.0. The van der Waals surface area contributed by atoms with Crippen LogP contribution in [-0.4, -0.2) is 30.6 Å². The molecule has 2 N–H and O–H groups in total. The number of nitrogens with zero attached hydrogens (tertiary/aromatic N) is 1. The average molecular weight is 170 g/mol. The third-order valence-electron chi connectivity index (χ3n) is 2.49. The van der Waals surface area contributed by atoms with Crippen molar-refractivity contribution in [3.8, 4) is 0 Å². The Labute approximate surface area is 76.1 Å². The summed E-state index contributed by atoms with van der Waals surface area (Å²) in [6.45, 7) is 10.3. The molecule has 2 nitrogen and oxygen atoms in total. The van der Waals surface area contributed by atoms with Crippen molar-refractivity contribution in [3.63, 3.8) is 0 Å². The van der Waals surface area contributed by atoms with Crippen LogP contribution in [0.1, 0.15) is 27.2 Å². The molecule has 0 aromatic carbocycles. The van der Waals surface area contributed by atoms with Gasteiger partial charge in [-0.05, 0) is 25.2 Å². The average Bonchev–Trinajstić information content (AvgIpc) is 1.81. The second kappa shape index (κ2) is 4.24. The summed E-state index contributed by atoms with van der Waals surface area (Å²) >= 11 is 0. The fourth-order valence-corrected chi connectivity index (χ4v) is 2.35. The number of piperidine rings is 1. The molecule has 1 saturated heterocycles. The van der Waals surface area contributed by atoms with Crippen LogP contribution in [0.15, 0.2) is 0 Å². The lowest BCUT2D eigenvalue weighted by Crippen LogP contribution is -2.44. The van der Waals surface area contributed by atoms with Gasteiger partial charge in [0.05, 0.1) is 0 Å². The predicted octanol–water partition coefficient (Wildman–Crippen LogP) is 1.31. The van der Waals surface area contributed by atoms with Gasteiger partial charge in [-0.3, -0.25) is 0 Å². The third kappa shape index (κ3) is 3.11. The number of hydrogen-bond acceptors (Lipinski definition) is 2. The van der Waals surface area contributed by atoms with Crippen LogP contribution in [0, 0.1) is 11.8 Å². The monoisotopic (exact) mass is 170 g/mol. The molecule has 1 rings (SSSR count). The van der Waals surface area contributed by atoms with E-state index in [1.54, 1.807) is 0 Å². The molecule has 12 heavy (non-hydrogen) atoms. The Bertz CT molecular complexity index is 121. The van der Waals surface area contributed by atoms with Crippen LogP contribution in [0.4, 0.5) is 0 Å². The van der Waals surface area contributed by atoms with Crippen molar-refractivity contribution in [2.24, 2.45) is 17.6 Å². The van der Waals surface area contributed by atoms with Crippen LogP contribution in [0.25, 0.3) is 0 Å². The van der Waals surface area contributed by atoms with Crippen molar-refractivity contribution in [1.82, 2.24) is 4.90 Å². The van der Waals surface area contributed by atoms with Gasteiger partial charge in [0.25, 0.3) is 0 Å². The smallest absolute Gasteiger partial charge is 0.0139 e. The summed E-state index contributed by atoms with van der Waals surface area (Å²) in [6, 6.07) is 0.322. The summed E-state index contributed by atoms with van der Waals surface area (Å²) in [5.74, 6) is 1.71. The molecular formula is C10H22N2. The SMILES string of the molecule is CC1CC(C)CN(C[C@@H](C)N)C1. The molecule has 1 aliphatic rings. The number of rotatable bonds is 2. The van der Waals surface area contributed by atoms with E-state index in [4.69, 9.17) is 5.73 Å². The maximum atomic E-state index is 5.77. The normalized spacial score (nSPS) is 35.0. The molecule has 0 bridgehead atoms. The van der Waals surface area contributed by atoms with Gasteiger partial charge in [-0.25, -0.2) is 0 Å². The minimum absolute atomic E-state index is 0.322. The molecule has 0 amide bonds. The van der Waals surface area contributed by atoms with Crippen molar-refractivity contribution < 1.29 is 0 Å². The predicted molar refractivity (Wildman–Crippen MR) is 53.0 cm³/mol. The first-order chi connectivity index (χ1) is 5.58. The van der Waals surface area contributed by atoms with Gasteiger partial charge < -0.3 is 10.6 Å². The Kier molecular flexibility index (Phi) is 3.53. The van der Waals surface area contributed by atoms with E-state index in [1.165, 1.54) is 19.5 Å². The molecule has 1 aliphatic heterocycles. The van der Waals surface area contributed by atoms with E-state index in [9.17, 15) is 0 Å². The minimum Gasteiger partial charge on any atom is -0.327 e. The van der Waals surface area contributed by atoms with Gasteiger partial charge >= 0.3 is 0 Å². The fraction of sp³-hybridized carbons (Fsp3) is 1.00. The highest BCUT2D eigenvalue weighted by atomic mass is 15.1. The van der Waals surface area contributed by atoms with E-state index in [0.717, 1.165) is 18.4 Å². The van der Waals surface area contributed by atoms with Crippen LogP contribution in [0.5, 0.6) is 0 Å². The van der Waals surface area contributed by atoms with Gasteiger partial charge in [0.1, 0.15) is 0 Å². The number of hydrogen-bond donors (Lipinski definition) is 1. The zero-order valence-corrected chi connectivity index (χ0v) is 8.59. The van der Waals surface area contributed by atoms with E-state index in [0.29, 0.717) is 6.04 Å². The van der Waals surface area contributed by atoms with E-state index in [1.807, 2.05) is 0 Å². The molecule has 0 spiro atoms. The van der Waals surface area contributed by atoms with Crippen LogP contribution >= 0.6 is 0 Å². The molecule has 0 radical (unpaired) electrons. The standard InChI is InChI=1S/C10H22N2/c1-8-4-9(2)6-12(5-8)7-10(3)11/h8-10H,4-7,11H2,1-3H3/t8?,9?,10-/m1/s1. The number of nitrogens with two attached hydrogens (primary N) is 1. The molecule has 2 heteroatoms. The Balaban J connectivity index is 2.34. The van der Waals surface area contributed by atoms with Gasteiger partial charge in [0, 0.05) is 25.7 Å². The first-order valence-corrected chi connectivity index (χ1v) is 5.06. The van der Waals surface area contributed by atoms with Crippen molar-refractivity contribution in [1.29, 1.82) is 0 Å². The number of likely N-dealkylation sites (tertiary alicyclic amines) is 1. The van der Waals surface area contributed by atoms with Gasteiger partial charge in [-0.2, -0.15) is 0 Å². The second-order valence-electron chi connectivity index (χ2n) is 4.64.